The molecule has 1 aromatic heterocycles. The topological polar surface area (TPSA) is 34.0 Å². The maximum absolute atomic E-state index is 11.9. The van der Waals surface area contributed by atoms with Crippen molar-refractivity contribution < 1.29 is 4.79 Å². The van der Waals surface area contributed by atoms with E-state index in [2.05, 4.69) is 34.3 Å². The Morgan fingerprint density at radius 1 is 1.28 bits per heavy atom. The van der Waals surface area contributed by atoms with Gasteiger partial charge >= 0.3 is 0 Å². The number of carbonyl (C=O) groups is 1. The minimum atomic E-state index is -0.0872. The lowest BCUT2D eigenvalue weighted by Gasteiger charge is -2.17. The second-order valence-corrected chi connectivity index (χ2v) is 4.46. The summed E-state index contributed by atoms with van der Waals surface area (Å²) >= 11 is 0. The zero-order valence-corrected chi connectivity index (χ0v) is 11.0. The molecule has 1 atom stereocenters. The number of fused-ring (bicyclic) bond motifs is 1. The second kappa shape index (κ2) is 5.83. The molecule has 2 rings (SSSR count). The van der Waals surface area contributed by atoms with Crippen molar-refractivity contribution in [2.75, 3.05) is 6.54 Å². The van der Waals surface area contributed by atoms with Crippen molar-refractivity contribution in [2.24, 2.45) is 0 Å². The number of Topliss-reactive ketones (excluding diaryl/α,β-unsaturated/α-hetero) is 1. The minimum Gasteiger partial charge on any atom is -0.345 e. The quantitative estimate of drug-likeness (QED) is 0.847. The Labute approximate surface area is 108 Å². The molecule has 0 saturated carbocycles. The van der Waals surface area contributed by atoms with Gasteiger partial charge in [0.1, 0.15) is 0 Å². The molecule has 0 spiro atoms. The van der Waals surface area contributed by atoms with E-state index in [-0.39, 0.29) is 11.8 Å². The third-order valence-corrected chi connectivity index (χ3v) is 3.25. The van der Waals surface area contributed by atoms with Gasteiger partial charge < -0.3 is 9.88 Å². The maximum Gasteiger partial charge on any atom is 0.151 e. The van der Waals surface area contributed by atoms with Gasteiger partial charge in [-0.25, -0.2) is 0 Å². The summed E-state index contributed by atoms with van der Waals surface area (Å²) in [6.45, 7) is 5.47. The molecule has 0 aliphatic carbocycles. The third kappa shape index (κ3) is 2.62. The Hall–Kier alpha value is -1.61. The highest BCUT2D eigenvalue weighted by Crippen LogP contribution is 2.15. The predicted molar refractivity (Wildman–Crippen MR) is 74.7 cm³/mol. The van der Waals surface area contributed by atoms with E-state index in [4.69, 9.17) is 0 Å². The van der Waals surface area contributed by atoms with Crippen molar-refractivity contribution in [3.63, 3.8) is 0 Å². The van der Waals surface area contributed by atoms with E-state index in [1.807, 2.05) is 26.0 Å². The number of para-hydroxylation sites is 1. The first-order chi connectivity index (χ1) is 8.76. The lowest BCUT2D eigenvalue weighted by molar-refractivity contribution is -0.121. The highest BCUT2D eigenvalue weighted by atomic mass is 16.1. The van der Waals surface area contributed by atoms with Crippen molar-refractivity contribution in [1.82, 2.24) is 9.88 Å². The van der Waals surface area contributed by atoms with Gasteiger partial charge in [-0.3, -0.25) is 4.79 Å². The molecule has 1 N–H and O–H groups in total. The number of benzene rings is 1. The number of nitrogens with one attached hydrogen (secondary N) is 1. The van der Waals surface area contributed by atoms with Crippen molar-refractivity contribution in [3.8, 4) is 0 Å². The first kappa shape index (κ1) is 12.8. The van der Waals surface area contributed by atoms with E-state index in [0.717, 1.165) is 6.54 Å². The summed E-state index contributed by atoms with van der Waals surface area (Å²) in [4.78, 5) is 11.9. The van der Waals surface area contributed by atoms with E-state index in [1.54, 1.807) is 0 Å². The molecule has 3 nitrogen and oxygen atoms in total. The number of hydrogen-bond acceptors (Lipinski definition) is 2. The molecule has 0 bridgehead atoms. The maximum atomic E-state index is 11.9. The van der Waals surface area contributed by atoms with Gasteiger partial charge in [0.05, 0.1) is 6.04 Å². The van der Waals surface area contributed by atoms with E-state index >= 15 is 0 Å². The van der Waals surface area contributed by atoms with Gasteiger partial charge in [0, 0.05) is 24.7 Å². The van der Waals surface area contributed by atoms with Crippen LogP contribution in [0.15, 0.2) is 36.5 Å². The number of rotatable bonds is 6. The predicted octanol–water partition coefficient (Wildman–Crippen LogP) is 2.60. The third-order valence-electron chi connectivity index (χ3n) is 3.25. The molecule has 0 amide bonds. The summed E-state index contributed by atoms with van der Waals surface area (Å²) in [5.74, 6) is 0.273. The monoisotopic (exact) mass is 244 g/mol. The Balaban J connectivity index is 2.23. The van der Waals surface area contributed by atoms with Crippen LogP contribution in [0.4, 0.5) is 0 Å². The van der Waals surface area contributed by atoms with Crippen LogP contribution in [0.3, 0.4) is 0 Å². The van der Waals surface area contributed by atoms with Crippen LogP contribution in [0.2, 0.25) is 0 Å². The van der Waals surface area contributed by atoms with E-state index in [0.29, 0.717) is 13.0 Å². The number of carbonyl (C=O) groups excluding carboxylic acids is 1. The van der Waals surface area contributed by atoms with Gasteiger partial charge in [0.15, 0.2) is 5.78 Å². The van der Waals surface area contributed by atoms with Crippen LogP contribution in [-0.2, 0) is 11.3 Å². The molecule has 1 heterocycles. The molecule has 2 aromatic rings. The van der Waals surface area contributed by atoms with Crippen LogP contribution in [0.1, 0.15) is 20.3 Å². The first-order valence-electron chi connectivity index (χ1n) is 6.56. The van der Waals surface area contributed by atoms with Crippen molar-refractivity contribution in [2.45, 2.75) is 32.9 Å². The molecule has 0 fully saturated rings. The average molecular weight is 244 g/mol. The lowest BCUT2D eigenvalue weighted by atomic mass is 10.1. The van der Waals surface area contributed by atoms with Gasteiger partial charge in [-0.1, -0.05) is 32.0 Å². The molecule has 3 heteroatoms. The van der Waals surface area contributed by atoms with Gasteiger partial charge in [0.2, 0.25) is 0 Å². The molecular formula is C15H20N2O. The second-order valence-electron chi connectivity index (χ2n) is 4.46. The summed E-state index contributed by atoms with van der Waals surface area (Å²) in [6.07, 6.45) is 2.63. The summed E-state index contributed by atoms with van der Waals surface area (Å²) < 4.78 is 2.15. The number of aromatic nitrogens is 1. The van der Waals surface area contributed by atoms with Crippen LogP contribution in [-0.4, -0.2) is 22.9 Å². The standard InChI is InChI=1S/C15H20N2O/c1-3-15(18)13(16-4-2)11-17-10-9-12-7-5-6-8-14(12)17/h5-10,13,16H,3-4,11H2,1-2H3. The van der Waals surface area contributed by atoms with Crippen LogP contribution in [0.5, 0.6) is 0 Å². The van der Waals surface area contributed by atoms with Crippen molar-refractivity contribution in [1.29, 1.82) is 0 Å². The summed E-state index contributed by atoms with van der Waals surface area (Å²) in [5, 5.41) is 4.49. The molecule has 0 radical (unpaired) electrons. The molecular weight excluding hydrogens is 224 g/mol. The van der Waals surface area contributed by atoms with Crippen LogP contribution < -0.4 is 5.32 Å². The molecule has 1 aromatic carbocycles. The van der Waals surface area contributed by atoms with E-state index < -0.39 is 0 Å². The Morgan fingerprint density at radius 2 is 2.06 bits per heavy atom. The van der Waals surface area contributed by atoms with Crippen LogP contribution in [0.25, 0.3) is 10.9 Å². The first-order valence-corrected chi connectivity index (χ1v) is 6.56. The highest BCUT2D eigenvalue weighted by Gasteiger charge is 2.16. The fourth-order valence-corrected chi connectivity index (χ4v) is 2.27. The largest absolute Gasteiger partial charge is 0.345 e. The molecule has 1 unspecified atom stereocenters. The minimum absolute atomic E-state index is 0.0872. The molecule has 96 valence electrons. The SMILES string of the molecule is CCNC(Cn1ccc2ccccc21)C(=O)CC. The number of ketones is 1. The van der Waals surface area contributed by atoms with Crippen LogP contribution in [0, 0.1) is 0 Å². The fraction of sp³-hybridized carbons (Fsp3) is 0.400. The number of hydrogen-bond donors (Lipinski definition) is 1. The lowest BCUT2D eigenvalue weighted by Crippen LogP contribution is -2.39. The van der Waals surface area contributed by atoms with Gasteiger partial charge in [-0.15, -0.1) is 0 Å². The summed E-state index contributed by atoms with van der Waals surface area (Å²) in [6, 6.07) is 10.3. The number of nitrogens with zero attached hydrogens (tertiary/aromatic N) is 1. The summed E-state index contributed by atoms with van der Waals surface area (Å²) in [5.41, 5.74) is 1.18. The summed E-state index contributed by atoms with van der Waals surface area (Å²) in [7, 11) is 0. The van der Waals surface area contributed by atoms with Gasteiger partial charge in [0.25, 0.3) is 0 Å². The number of likely N-dealkylation sites (N-methyl/N-ethyl adjacent to an activating group) is 1. The Kier molecular flexibility index (Phi) is 4.15. The molecule has 18 heavy (non-hydrogen) atoms. The normalized spacial score (nSPS) is 12.8. The van der Waals surface area contributed by atoms with Crippen LogP contribution >= 0.6 is 0 Å². The smallest absolute Gasteiger partial charge is 0.151 e. The van der Waals surface area contributed by atoms with E-state index in [1.165, 1.54) is 10.9 Å². The Bertz CT molecular complexity index is 530. The highest BCUT2D eigenvalue weighted by molar-refractivity contribution is 5.84. The average Bonchev–Trinajstić information content (AvgIpc) is 2.81. The van der Waals surface area contributed by atoms with Gasteiger partial charge in [-0.05, 0) is 24.1 Å². The fourth-order valence-electron chi connectivity index (χ4n) is 2.27. The van der Waals surface area contributed by atoms with Gasteiger partial charge in [-0.2, -0.15) is 0 Å². The Morgan fingerprint density at radius 3 is 2.78 bits per heavy atom. The van der Waals surface area contributed by atoms with Crippen molar-refractivity contribution in [3.05, 3.63) is 36.5 Å². The molecule has 0 aliphatic heterocycles. The molecule has 0 saturated heterocycles. The van der Waals surface area contributed by atoms with E-state index in [9.17, 15) is 4.79 Å². The zero-order valence-electron chi connectivity index (χ0n) is 11.0. The zero-order chi connectivity index (χ0) is 13.0. The molecule has 0 aliphatic rings. The van der Waals surface area contributed by atoms with Crippen molar-refractivity contribution >= 4 is 16.7 Å².